The number of fused-ring (bicyclic) bond motifs is 1. The van der Waals surface area contributed by atoms with Gasteiger partial charge in [-0.3, -0.25) is 9.48 Å². The molecule has 1 aromatic carbocycles. The first kappa shape index (κ1) is 18.4. The van der Waals surface area contributed by atoms with Gasteiger partial charge in [0.2, 0.25) is 5.91 Å². The molecule has 0 aliphatic carbocycles. The summed E-state index contributed by atoms with van der Waals surface area (Å²) in [4.78, 5) is 14.6. The number of benzene rings is 1. The Kier molecular flexibility index (Phi) is 5.50. The normalized spacial score (nSPS) is 14.0. The average molecular weight is 378 g/mol. The summed E-state index contributed by atoms with van der Waals surface area (Å²) in [6.07, 6.45) is 7.63. The van der Waals surface area contributed by atoms with E-state index in [1.54, 1.807) is 4.68 Å². The van der Waals surface area contributed by atoms with Crippen LogP contribution in [0.25, 0.3) is 0 Å². The van der Waals surface area contributed by atoms with E-state index >= 15 is 0 Å². The lowest BCUT2D eigenvalue weighted by Crippen LogP contribution is -2.33. The summed E-state index contributed by atoms with van der Waals surface area (Å²) in [6.45, 7) is 2.20. The van der Waals surface area contributed by atoms with Crippen molar-refractivity contribution in [3.8, 4) is 0 Å². The van der Waals surface area contributed by atoms with Crippen molar-refractivity contribution in [1.29, 1.82) is 0 Å². The van der Waals surface area contributed by atoms with Gasteiger partial charge in [-0.25, -0.2) is 0 Å². The van der Waals surface area contributed by atoms with E-state index in [0.29, 0.717) is 13.0 Å². The van der Waals surface area contributed by atoms with Crippen LogP contribution >= 0.6 is 0 Å². The summed E-state index contributed by atoms with van der Waals surface area (Å²) in [5, 5.41) is 13.0. The van der Waals surface area contributed by atoms with Gasteiger partial charge in [-0.05, 0) is 24.0 Å². The lowest BCUT2D eigenvalue weighted by atomic mass is 10.1. The quantitative estimate of drug-likeness (QED) is 0.656. The minimum Gasteiger partial charge on any atom is -0.340 e. The van der Waals surface area contributed by atoms with E-state index in [4.69, 9.17) is 0 Å². The second kappa shape index (κ2) is 8.37. The molecule has 0 atom stereocenters. The molecule has 7 heteroatoms. The Morgan fingerprint density at radius 1 is 1.00 bits per heavy atom. The molecule has 3 aromatic rings. The summed E-state index contributed by atoms with van der Waals surface area (Å²) in [6, 6.07) is 10.4. The zero-order valence-corrected chi connectivity index (χ0v) is 16.3. The molecule has 4 rings (SSSR count). The first-order chi connectivity index (χ1) is 13.7. The zero-order chi connectivity index (χ0) is 19.3. The predicted molar refractivity (Wildman–Crippen MR) is 106 cm³/mol. The van der Waals surface area contributed by atoms with Crippen LogP contribution in [0.5, 0.6) is 0 Å². The van der Waals surface area contributed by atoms with Crippen molar-refractivity contribution in [2.45, 2.75) is 38.6 Å². The maximum atomic E-state index is 12.7. The first-order valence-electron chi connectivity index (χ1n) is 9.89. The molecule has 3 heterocycles. The van der Waals surface area contributed by atoms with Crippen LogP contribution in [0.15, 0.2) is 42.7 Å². The van der Waals surface area contributed by atoms with E-state index in [2.05, 4.69) is 44.1 Å². The van der Waals surface area contributed by atoms with Gasteiger partial charge < -0.3 is 9.47 Å². The zero-order valence-electron chi connectivity index (χ0n) is 16.3. The highest BCUT2D eigenvalue weighted by Crippen LogP contribution is 2.13. The highest BCUT2D eigenvalue weighted by molar-refractivity contribution is 5.76. The first-order valence-corrected chi connectivity index (χ1v) is 9.89. The van der Waals surface area contributed by atoms with Crippen molar-refractivity contribution in [2.24, 2.45) is 7.05 Å². The van der Waals surface area contributed by atoms with Gasteiger partial charge in [-0.15, -0.1) is 10.2 Å². The van der Waals surface area contributed by atoms with Crippen LogP contribution in [0.3, 0.4) is 0 Å². The van der Waals surface area contributed by atoms with Crippen LogP contribution in [0.4, 0.5) is 0 Å². The van der Waals surface area contributed by atoms with Crippen LogP contribution < -0.4 is 0 Å². The largest absolute Gasteiger partial charge is 0.340 e. The van der Waals surface area contributed by atoms with Gasteiger partial charge >= 0.3 is 0 Å². The lowest BCUT2D eigenvalue weighted by molar-refractivity contribution is -0.131. The van der Waals surface area contributed by atoms with Crippen molar-refractivity contribution >= 4 is 5.91 Å². The fourth-order valence-electron chi connectivity index (χ4n) is 3.73. The molecular weight excluding hydrogens is 352 g/mol. The molecule has 2 aromatic heterocycles. The Balaban J connectivity index is 1.33. The van der Waals surface area contributed by atoms with Crippen molar-refractivity contribution in [3.05, 3.63) is 65.5 Å². The summed E-state index contributed by atoms with van der Waals surface area (Å²) >= 11 is 0. The van der Waals surface area contributed by atoms with Gasteiger partial charge in [0.1, 0.15) is 11.6 Å². The number of hydrogen-bond donors (Lipinski definition) is 0. The Labute approximate surface area is 165 Å². The van der Waals surface area contributed by atoms with Gasteiger partial charge in [0.15, 0.2) is 0 Å². The smallest absolute Gasteiger partial charge is 0.222 e. The van der Waals surface area contributed by atoms with Crippen LogP contribution in [0.1, 0.15) is 29.2 Å². The van der Waals surface area contributed by atoms with Crippen LogP contribution in [-0.4, -0.2) is 48.4 Å². The standard InChI is InChI=1S/C21H26N6O/c1-25-16-18(15-22-25)8-10-21(28)26-12-11-20-24-23-19(27(20)14-13-26)9-7-17-5-3-2-4-6-17/h2-6,15-16H,7-14H2,1H3. The minimum absolute atomic E-state index is 0.202. The highest BCUT2D eigenvalue weighted by atomic mass is 16.2. The number of aryl methyl sites for hydroxylation is 4. The van der Waals surface area contributed by atoms with E-state index in [9.17, 15) is 4.79 Å². The molecule has 0 saturated carbocycles. The molecule has 1 aliphatic heterocycles. The summed E-state index contributed by atoms with van der Waals surface area (Å²) in [5.41, 5.74) is 2.41. The summed E-state index contributed by atoms with van der Waals surface area (Å²) in [5.74, 6) is 2.21. The fourth-order valence-corrected chi connectivity index (χ4v) is 3.73. The third-order valence-corrected chi connectivity index (χ3v) is 5.32. The number of hydrogen-bond acceptors (Lipinski definition) is 4. The predicted octanol–water partition coefficient (Wildman–Crippen LogP) is 1.81. The molecule has 0 fully saturated rings. The lowest BCUT2D eigenvalue weighted by Gasteiger charge is -2.20. The molecule has 0 unspecified atom stereocenters. The van der Waals surface area contributed by atoms with Gasteiger partial charge in [0, 0.05) is 52.1 Å². The molecular formula is C21H26N6O. The number of aromatic nitrogens is 5. The van der Waals surface area contributed by atoms with E-state index in [1.807, 2.05) is 30.4 Å². The number of amides is 1. The Bertz CT molecular complexity index is 930. The minimum atomic E-state index is 0.202. The molecule has 0 spiro atoms. The van der Waals surface area contributed by atoms with Gasteiger partial charge in [-0.1, -0.05) is 30.3 Å². The number of carbonyl (C=O) groups excluding carboxylic acids is 1. The van der Waals surface area contributed by atoms with E-state index in [-0.39, 0.29) is 5.91 Å². The molecule has 1 amide bonds. The molecule has 1 aliphatic rings. The Morgan fingerprint density at radius 2 is 1.86 bits per heavy atom. The monoisotopic (exact) mass is 378 g/mol. The van der Waals surface area contributed by atoms with Crippen LogP contribution in [0.2, 0.25) is 0 Å². The molecule has 0 radical (unpaired) electrons. The topological polar surface area (TPSA) is 68.8 Å². The Morgan fingerprint density at radius 3 is 2.64 bits per heavy atom. The molecule has 28 heavy (non-hydrogen) atoms. The third kappa shape index (κ3) is 4.30. The van der Waals surface area contributed by atoms with Gasteiger partial charge in [-0.2, -0.15) is 5.10 Å². The van der Waals surface area contributed by atoms with E-state index in [1.165, 1.54) is 5.56 Å². The molecule has 7 nitrogen and oxygen atoms in total. The van der Waals surface area contributed by atoms with Crippen molar-refractivity contribution in [3.63, 3.8) is 0 Å². The van der Waals surface area contributed by atoms with Crippen molar-refractivity contribution in [1.82, 2.24) is 29.4 Å². The molecule has 0 N–H and O–H groups in total. The fraction of sp³-hybridized carbons (Fsp3) is 0.429. The second-order valence-electron chi connectivity index (χ2n) is 7.32. The molecule has 0 saturated heterocycles. The van der Waals surface area contributed by atoms with E-state index < -0.39 is 0 Å². The second-order valence-corrected chi connectivity index (χ2v) is 7.32. The summed E-state index contributed by atoms with van der Waals surface area (Å²) < 4.78 is 3.98. The SMILES string of the molecule is Cn1cc(CCC(=O)N2CCc3nnc(CCc4ccccc4)n3CC2)cn1. The summed E-state index contributed by atoms with van der Waals surface area (Å²) in [7, 11) is 1.89. The van der Waals surface area contributed by atoms with E-state index in [0.717, 1.165) is 56.0 Å². The number of nitrogens with zero attached hydrogens (tertiary/aromatic N) is 6. The van der Waals surface area contributed by atoms with Gasteiger partial charge in [0.05, 0.1) is 6.20 Å². The Hall–Kier alpha value is -2.96. The van der Waals surface area contributed by atoms with Crippen LogP contribution in [-0.2, 0) is 44.1 Å². The molecule has 146 valence electrons. The van der Waals surface area contributed by atoms with Crippen molar-refractivity contribution in [2.75, 3.05) is 13.1 Å². The average Bonchev–Trinajstić information content (AvgIpc) is 3.24. The molecule has 0 bridgehead atoms. The third-order valence-electron chi connectivity index (χ3n) is 5.32. The van der Waals surface area contributed by atoms with Crippen LogP contribution in [0, 0.1) is 0 Å². The number of carbonyl (C=O) groups is 1. The van der Waals surface area contributed by atoms with Gasteiger partial charge in [0.25, 0.3) is 0 Å². The number of rotatable bonds is 6. The highest BCUT2D eigenvalue weighted by Gasteiger charge is 2.21. The van der Waals surface area contributed by atoms with Crippen molar-refractivity contribution < 1.29 is 4.79 Å². The maximum absolute atomic E-state index is 12.7. The maximum Gasteiger partial charge on any atom is 0.222 e.